The van der Waals surface area contributed by atoms with Gasteiger partial charge in [-0.25, -0.2) is 0 Å². The topological polar surface area (TPSA) is 38.8 Å². The lowest BCUT2D eigenvalue weighted by molar-refractivity contribution is -0.141. The van der Waals surface area contributed by atoms with Gasteiger partial charge >= 0.3 is 0 Å². The second-order valence-corrected chi connectivity index (χ2v) is 6.62. The highest BCUT2D eigenvalue weighted by molar-refractivity contribution is 5.78. The molecule has 0 N–H and O–H groups in total. The van der Waals surface area contributed by atoms with Crippen molar-refractivity contribution in [2.75, 3.05) is 26.3 Å². The lowest BCUT2D eigenvalue weighted by Gasteiger charge is -2.33. The normalized spacial score (nSPS) is 17.6. The summed E-state index contributed by atoms with van der Waals surface area (Å²) in [6.07, 6.45) is -0.0655. The molecule has 1 saturated heterocycles. The van der Waals surface area contributed by atoms with Gasteiger partial charge in [-0.1, -0.05) is 56.3 Å². The molecule has 0 saturated carbocycles. The van der Waals surface area contributed by atoms with E-state index in [1.807, 2.05) is 59.5 Å². The number of hydrogen-bond acceptors (Lipinski definition) is 3. The number of amides is 1. The van der Waals surface area contributed by atoms with E-state index in [1.54, 1.807) is 0 Å². The molecule has 0 aliphatic carbocycles. The molecule has 0 spiro atoms. The molecule has 1 amide bonds. The third kappa shape index (κ3) is 4.60. The number of rotatable bonds is 5. The number of morpholine rings is 1. The molecule has 1 aliphatic rings. The van der Waals surface area contributed by atoms with Crippen LogP contribution < -0.4 is 4.74 Å². The number of carbonyl (C=O) groups is 1. The van der Waals surface area contributed by atoms with Crippen molar-refractivity contribution in [1.82, 2.24) is 4.90 Å². The molecule has 3 rings (SSSR count). The van der Waals surface area contributed by atoms with Gasteiger partial charge in [0.05, 0.1) is 13.2 Å². The van der Waals surface area contributed by atoms with Gasteiger partial charge in [0.2, 0.25) is 0 Å². The molecule has 0 bridgehead atoms. The van der Waals surface area contributed by atoms with Crippen LogP contribution in [-0.4, -0.2) is 37.1 Å². The number of carbonyl (C=O) groups excluding carboxylic acids is 1. The van der Waals surface area contributed by atoms with Crippen LogP contribution in [0, 0.1) is 0 Å². The van der Waals surface area contributed by atoms with Crippen LogP contribution in [0.15, 0.2) is 54.6 Å². The van der Waals surface area contributed by atoms with Gasteiger partial charge in [-0.3, -0.25) is 4.79 Å². The maximum absolute atomic E-state index is 12.5. The van der Waals surface area contributed by atoms with Crippen molar-refractivity contribution in [3.05, 3.63) is 65.7 Å². The summed E-state index contributed by atoms with van der Waals surface area (Å²) in [7, 11) is 0. The fraction of sp³-hybridized carbons (Fsp3) is 0.381. The molecular weight excluding hydrogens is 314 g/mol. The van der Waals surface area contributed by atoms with Crippen LogP contribution in [0.5, 0.6) is 5.75 Å². The van der Waals surface area contributed by atoms with Crippen LogP contribution in [-0.2, 0) is 9.53 Å². The lowest BCUT2D eigenvalue weighted by Crippen LogP contribution is -2.44. The Morgan fingerprint density at radius 1 is 1.16 bits per heavy atom. The number of ether oxygens (including phenoxy) is 2. The quantitative estimate of drug-likeness (QED) is 0.832. The van der Waals surface area contributed by atoms with E-state index in [0.717, 1.165) is 11.3 Å². The maximum atomic E-state index is 12.5. The Morgan fingerprint density at radius 3 is 2.56 bits per heavy atom. The highest BCUT2D eigenvalue weighted by Gasteiger charge is 2.25. The Hall–Kier alpha value is -2.33. The molecule has 0 radical (unpaired) electrons. The summed E-state index contributed by atoms with van der Waals surface area (Å²) in [5.41, 5.74) is 2.36. The van der Waals surface area contributed by atoms with Crippen molar-refractivity contribution in [3.63, 3.8) is 0 Å². The zero-order valence-corrected chi connectivity index (χ0v) is 14.9. The first-order valence-electron chi connectivity index (χ1n) is 8.80. The van der Waals surface area contributed by atoms with Gasteiger partial charge in [-0.2, -0.15) is 0 Å². The van der Waals surface area contributed by atoms with E-state index in [1.165, 1.54) is 5.56 Å². The third-order valence-corrected chi connectivity index (χ3v) is 4.50. The van der Waals surface area contributed by atoms with Crippen LogP contribution in [0.4, 0.5) is 0 Å². The average molecular weight is 339 g/mol. The molecule has 132 valence electrons. The summed E-state index contributed by atoms with van der Waals surface area (Å²) in [4.78, 5) is 14.3. The van der Waals surface area contributed by atoms with E-state index >= 15 is 0 Å². The molecule has 1 unspecified atom stereocenters. The second kappa shape index (κ2) is 8.17. The van der Waals surface area contributed by atoms with Crippen molar-refractivity contribution >= 4 is 5.91 Å². The van der Waals surface area contributed by atoms with Crippen molar-refractivity contribution in [1.29, 1.82) is 0 Å². The molecule has 0 aromatic heterocycles. The zero-order valence-electron chi connectivity index (χ0n) is 14.9. The maximum Gasteiger partial charge on any atom is 0.260 e. The molecule has 2 aromatic rings. The van der Waals surface area contributed by atoms with Crippen molar-refractivity contribution < 1.29 is 14.3 Å². The molecule has 4 heteroatoms. The first-order chi connectivity index (χ1) is 12.1. The van der Waals surface area contributed by atoms with Gasteiger partial charge in [-0.15, -0.1) is 0 Å². The fourth-order valence-electron chi connectivity index (χ4n) is 2.93. The monoisotopic (exact) mass is 339 g/mol. The summed E-state index contributed by atoms with van der Waals surface area (Å²) in [6, 6.07) is 18.0. The molecule has 4 nitrogen and oxygen atoms in total. The van der Waals surface area contributed by atoms with E-state index in [0.29, 0.717) is 25.6 Å². The van der Waals surface area contributed by atoms with Gasteiger partial charge in [0.25, 0.3) is 5.91 Å². The van der Waals surface area contributed by atoms with Gasteiger partial charge < -0.3 is 14.4 Å². The average Bonchev–Trinajstić information content (AvgIpc) is 2.67. The standard InChI is InChI=1S/C21H25NO3/c1-16(2)17-8-10-19(11-9-17)25-15-21(23)22-12-13-24-20(14-22)18-6-4-3-5-7-18/h3-11,16,20H,12-15H2,1-2H3. The van der Waals surface area contributed by atoms with Crippen LogP contribution in [0.3, 0.4) is 0 Å². The van der Waals surface area contributed by atoms with E-state index < -0.39 is 0 Å². The van der Waals surface area contributed by atoms with Crippen molar-refractivity contribution in [3.8, 4) is 5.75 Å². The van der Waals surface area contributed by atoms with E-state index in [2.05, 4.69) is 13.8 Å². The molecule has 1 fully saturated rings. The first-order valence-corrected chi connectivity index (χ1v) is 8.80. The third-order valence-electron chi connectivity index (χ3n) is 4.50. The number of hydrogen-bond donors (Lipinski definition) is 0. The van der Waals surface area contributed by atoms with E-state index in [-0.39, 0.29) is 18.6 Å². The van der Waals surface area contributed by atoms with Gasteiger partial charge in [0.1, 0.15) is 11.9 Å². The molecule has 1 atom stereocenters. The minimum absolute atomic E-state index is 0.00262. The van der Waals surface area contributed by atoms with Crippen LogP contribution >= 0.6 is 0 Å². The molecular formula is C21H25NO3. The van der Waals surface area contributed by atoms with Gasteiger partial charge in [0, 0.05) is 6.54 Å². The van der Waals surface area contributed by atoms with Crippen LogP contribution in [0.25, 0.3) is 0 Å². The largest absolute Gasteiger partial charge is 0.484 e. The smallest absolute Gasteiger partial charge is 0.260 e. The predicted molar refractivity (Wildman–Crippen MR) is 97.7 cm³/mol. The molecule has 1 aliphatic heterocycles. The summed E-state index contributed by atoms with van der Waals surface area (Å²) in [5, 5.41) is 0. The Morgan fingerprint density at radius 2 is 1.88 bits per heavy atom. The number of nitrogens with zero attached hydrogens (tertiary/aromatic N) is 1. The molecule has 1 heterocycles. The summed E-state index contributed by atoms with van der Waals surface area (Å²) in [5.74, 6) is 1.21. The minimum atomic E-state index is -0.0655. The highest BCUT2D eigenvalue weighted by Crippen LogP contribution is 2.22. The fourth-order valence-corrected chi connectivity index (χ4v) is 2.93. The lowest BCUT2D eigenvalue weighted by atomic mass is 10.0. The minimum Gasteiger partial charge on any atom is -0.484 e. The van der Waals surface area contributed by atoms with Crippen LogP contribution in [0.2, 0.25) is 0 Å². The SMILES string of the molecule is CC(C)c1ccc(OCC(=O)N2CCOC(c3ccccc3)C2)cc1. The van der Waals surface area contributed by atoms with Crippen molar-refractivity contribution in [2.24, 2.45) is 0 Å². The van der Waals surface area contributed by atoms with Gasteiger partial charge in [0.15, 0.2) is 6.61 Å². The zero-order chi connectivity index (χ0) is 17.6. The first kappa shape index (κ1) is 17.5. The second-order valence-electron chi connectivity index (χ2n) is 6.62. The molecule has 25 heavy (non-hydrogen) atoms. The predicted octanol–water partition coefficient (Wildman–Crippen LogP) is 3.79. The van der Waals surface area contributed by atoms with E-state index in [9.17, 15) is 4.79 Å². The Kier molecular flexibility index (Phi) is 5.71. The molecule has 2 aromatic carbocycles. The Labute approximate surface area is 149 Å². The highest BCUT2D eigenvalue weighted by atomic mass is 16.5. The summed E-state index contributed by atoms with van der Waals surface area (Å²) >= 11 is 0. The summed E-state index contributed by atoms with van der Waals surface area (Å²) < 4.78 is 11.5. The van der Waals surface area contributed by atoms with Crippen LogP contribution in [0.1, 0.15) is 37.0 Å². The van der Waals surface area contributed by atoms with Gasteiger partial charge in [-0.05, 0) is 29.2 Å². The summed E-state index contributed by atoms with van der Waals surface area (Å²) in [6.45, 7) is 6.09. The Bertz CT molecular complexity index is 682. The van der Waals surface area contributed by atoms with Crippen molar-refractivity contribution in [2.45, 2.75) is 25.9 Å². The number of benzene rings is 2. The van der Waals surface area contributed by atoms with E-state index in [4.69, 9.17) is 9.47 Å². The Balaban J connectivity index is 1.54.